The molecule has 0 amide bonds. The van der Waals surface area contributed by atoms with E-state index in [1.807, 2.05) is 66.7 Å². The summed E-state index contributed by atoms with van der Waals surface area (Å²) in [7, 11) is 6.30. The van der Waals surface area contributed by atoms with Crippen LogP contribution in [0.1, 0.15) is 17.4 Å². The Morgan fingerprint density at radius 3 is 2.00 bits per heavy atom. The summed E-state index contributed by atoms with van der Waals surface area (Å²) >= 11 is 0. The zero-order valence-corrected chi connectivity index (χ0v) is 22.9. The lowest BCUT2D eigenvalue weighted by Crippen LogP contribution is -2.20. The summed E-state index contributed by atoms with van der Waals surface area (Å²) in [5.74, 6) is 0.519. The molecule has 8 nitrogen and oxygen atoms in total. The number of aromatic nitrogens is 1. The standard InChI is InChI=1S/C32H29NO7/c1-6-40-32(35)31(34)30-27(19-10-8-7-9-11-19)28(21-12-13-23(36-2)24(17-21)37-3)29-22-18-26(39-5)25(38-4)16-20(22)14-15-33(29)30/h7-18H,6H2,1-5H3. The summed E-state index contributed by atoms with van der Waals surface area (Å²) in [6.07, 6.45) is 1.78. The molecule has 0 saturated carbocycles. The van der Waals surface area contributed by atoms with Gasteiger partial charge in [0.1, 0.15) is 5.69 Å². The number of benzene rings is 3. The van der Waals surface area contributed by atoms with E-state index in [1.165, 1.54) is 0 Å². The molecule has 0 fully saturated rings. The Kier molecular flexibility index (Phi) is 7.33. The van der Waals surface area contributed by atoms with Crippen LogP contribution >= 0.6 is 0 Å². The Hall–Kier alpha value is -4.98. The SMILES string of the molecule is CCOC(=O)C(=O)c1c(-c2ccccc2)c(-c2ccc(OC)c(OC)c2)c2c3cc(OC)c(OC)cc3ccn12. The van der Waals surface area contributed by atoms with E-state index >= 15 is 0 Å². The van der Waals surface area contributed by atoms with Gasteiger partial charge in [-0.3, -0.25) is 4.79 Å². The van der Waals surface area contributed by atoms with Crippen molar-refractivity contribution in [2.45, 2.75) is 6.92 Å². The van der Waals surface area contributed by atoms with Crippen LogP contribution in [0.4, 0.5) is 0 Å². The molecule has 5 aromatic rings. The van der Waals surface area contributed by atoms with Crippen molar-refractivity contribution in [2.75, 3.05) is 35.0 Å². The molecule has 0 aliphatic rings. The number of methoxy groups -OCH3 is 4. The minimum atomic E-state index is -0.926. The van der Waals surface area contributed by atoms with Gasteiger partial charge in [-0.25, -0.2) is 4.79 Å². The van der Waals surface area contributed by atoms with Gasteiger partial charge in [0, 0.05) is 22.7 Å². The normalized spacial score (nSPS) is 10.9. The second-order valence-electron chi connectivity index (χ2n) is 8.91. The molecule has 0 aliphatic heterocycles. The molecule has 5 rings (SSSR count). The van der Waals surface area contributed by atoms with E-state index in [4.69, 9.17) is 23.7 Å². The van der Waals surface area contributed by atoms with Crippen molar-refractivity contribution < 1.29 is 33.3 Å². The molecule has 0 aliphatic carbocycles. The van der Waals surface area contributed by atoms with Crippen LogP contribution in [0.3, 0.4) is 0 Å². The third-order valence-corrected chi connectivity index (χ3v) is 6.83. The highest BCUT2D eigenvalue weighted by Gasteiger charge is 2.31. The Morgan fingerprint density at radius 1 is 0.700 bits per heavy atom. The van der Waals surface area contributed by atoms with E-state index in [0.29, 0.717) is 34.1 Å². The molecule has 3 aromatic carbocycles. The molecule has 0 unspecified atom stereocenters. The molecule has 0 spiro atoms. The maximum absolute atomic E-state index is 13.8. The van der Waals surface area contributed by atoms with Gasteiger partial charge in [-0.05, 0) is 53.8 Å². The highest BCUT2D eigenvalue weighted by Crippen LogP contribution is 2.46. The largest absolute Gasteiger partial charge is 0.493 e. The lowest BCUT2D eigenvalue weighted by molar-refractivity contribution is -0.137. The van der Waals surface area contributed by atoms with E-state index in [2.05, 4.69) is 0 Å². The molecule has 2 aromatic heterocycles. The molecule has 0 bridgehead atoms. The average molecular weight is 540 g/mol. The van der Waals surface area contributed by atoms with Crippen molar-refractivity contribution in [3.63, 3.8) is 0 Å². The van der Waals surface area contributed by atoms with Gasteiger partial charge in [0.05, 0.1) is 40.6 Å². The number of hydrogen-bond acceptors (Lipinski definition) is 7. The second-order valence-corrected chi connectivity index (χ2v) is 8.91. The number of pyridine rings is 1. The molecule has 0 atom stereocenters. The van der Waals surface area contributed by atoms with Gasteiger partial charge in [0.15, 0.2) is 23.0 Å². The fraction of sp³-hybridized carbons (Fsp3) is 0.188. The van der Waals surface area contributed by atoms with Gasteiger partial charge in [0.25, 0.3) is 5.78 Å². The van der Waals surface area contributed by atoms with Gasteiger partial charge in [-0.2, -0.15) is 0 Å². The lowest BCUT2D eigenvalue weighted by Gasteiger charge is -2.13. The predicted octanol–water partition coefficient (Wildman–Crippen LogP) is 6.21. The smallest absolute Gasteiger partial charge is 0.381 e. The van der Waals surface area contributed by atoms with Crippen molar-refractivity contribution in [1.82, 2.24) is 4.40 Å². The van der Waals surface area contributed by atoms with Gasteiger partial charge >= 0.3 is 5.97 Å². The van der Waals surface area contributed by atoms with Crippen LogP contribution in [0.2, 0.25) is 0 Å². The average Bonchev–Trinajstić information content (AvgIpc) is 3.35. The fourth-order valence-corrected chi connectivity index (χ4v) is 5.07. The first kappa shape index (κ1) is 26.6. The van der Waals surface area contributed by atoms with E-state index < -0.39 is 11.8 Å². The topological polar surface area (TPSA) is 84.7 Å². The molecular weight excluding hydrogens is 510 g/mol. The van der Waals surface area contributed by atoms with Crippen LogP contribution in [-0.2, 0) is 9.53 Å². The number of rotatable bonds is 9. The number of ketones is 1. The number of nitrogens with zero attached hydrogens (tertiary/aromatic N) is 1. The van der Waals surface area contributed by atoms with E-state index in [-0.39, 0.29) is 12.3 Å². The summed E-state index contributed by atoms with van der Waals surface area (Å²) in [5.41, 5.74) is 3.75. The minimum Gasteiger partial charge on any atom is -0.493 e. The van der Waals surface area contributed by atoms with Crippen LogP contribution in [0.15, 0.2) is 72.9 Å². The quantitative estimate of drug-likeness (QED) is 0.125. The van der Waals surface area contributed by atoms with E-state index in [9.17, 15) is 9.59 Å². The Morgan fingerprint density at radius 2 is 1.35 bits per heavy atom. The number of carbonyl (C=O) groups excluding carboxylic acids is 2. The summed E-state index contributed by atoms with van der Waals surface area (Å²) in [6, 6.07) is 20.7. The first-order valence-corrected chi connectivity index (χ1v) is 12.7. The van der Waals surface area contributed by atoms with Crippen LogP contribution in [-0.4, -0.2) is 51.2 Å². The number of carbonyl (C=O) groups is 2. The summed E-state index contributed by atoms with van der Waals surface area (Å²) in [6.45, 7) is 1.75. The number of esters is 1. The number of hydrogen-bond donors (Lipinski definition) is 0. The maximum Gasteiger partial charge on any atom is 0.381 e. The summed E-state index contributed by atoms with van der Waals surface area (Å²) in [4.78, 5) is 26.7. The third-order valence-electron chi connectivity index (χ3n) is 6.83. The molecule has 0 saturated heterocycles. The van der Waals surface area contributed by atoms with Gasteiger partial charge in [0.2, 0.25) is 0 Å². The minimum absolute atomic E-state index is 0.0804. The van der Waals surface area contributed by atoms with Gasteiger partial charge in [-0.1, -0.05) is 36.4 Å². The molecule has 8 heteroatoms. The monoisotopic (exact) mass is 539 g/mol. The maximum atomic E-state index is 13.8. The molecule has 0 N–H and O–H groups in total. The molecule has 0 radical (unpaired) electrons. The van der Waals surface area contributed by atoms with E-state index in [0.717, 1.165) is 27.5 Å². The van der Waals surface area contributed by atoms with Crippen LogP contribution < -0.4 is 18.9 Å². The summed E-state index contributed by atoms with van der Waals surface area (Å²) in [5, 5.41) is 1.66. The Labute approximate surface area is 231 Å². The second kappa shape index (κ2) is 11.0. The highest BCUT2D eigenvalue weighted by atomic mass is 16.5. The fourth-order valence-electron chi connectivity index (χ4n) is 5.07. The van der Waals surface area contributed by atoms with Crippen LogP contribution in [0.25, 0.3) is 38.5 Å². The number of ether oxygens (including phenoxy) is 5. The van der Waals surface area contributed by atoms with Gasteiger partial charge < -0.3 is 28.1 Å². The van der Waals surface area contributed by atoms with Crippen LogP contribution in [0.5, 0.6) is 23.0 Å². The zero-order valence-electron chi connectivity index (χ0n) is 22.9. The predicted molar refractivity (Wildman–Crippen MR) is 153 cm³/mol. The number of fused-ring (bicyclic) bond motifs is 3. The number of Topliss-reactive ketones (excluding diaryl/α,β-unsaturated/α-hetero) is 1. The lowest BCUT2D eigenvalue weighted by atomic mass is 9.93. The Balaban J connectivity index is 2.01. The van der Waals surface area contributed by atoms with Gasteiger partial charge in [-0.15, -0.1) is 0 Å². The molecule has 40 heavy (non-hydrogen) atoms. The first-order valence-electron chi connectivity index (χ1n) is 12.7. The zero-order chi connectivity index (χ0) is 28.4. The molecule has 204 valence electrons. The first-order chi connectivity index (χ1) is 19.5. The molecular formula is C32H29NO7. The van der Waals surface area contributed by atoms with Crippen molar-refractivity contribution in [2.24, 2.45) is 0 Å². The van der Waals surface area contributed by atoms with Crippen molar-refractivity contribution >= 4 is 28.0 Å². The highest BCUT2D eigenvalue weighted by molar-refractivity contribution is 6.42. The van der Waals surface area contributed by atoms with Crippen LogP contribution in [0, 0.1) is 0 Å². The summed E-state index contributed by atoms with van der Waals surface area (Å²) < 4.78 is 29.2. The Bertz CT molecular complexity index is 1740. The van der Waals surface area contributed by atoms with E-state index in [1.54, 1.807) is 46.0 Å². The van der Waals surface area contributed by atoms with Crippen molar-refractivity contribution in [3.8, 4) is 45.3 Å². The van der Waals surface area contributed by atoms with Crippen molar-refractivity contribution in [3.05, 3.63) is 78.6 Å². The van der Waals surface area contributed by atoms with Crippen molar-refractivity contribution in [1.29, 1.82) is 0 Å². The molecule has 2 heterocycles. The third kappa shape index (κ3) is 4.37.